The van der Waals surface area contributed by atoms with E-state index in [0.717, 1.165) is 19.4 Å². The van der Waals surface area contributed by atoms with Crippen LogP contribution < -0.4 is 0 Å². The van der Waals surface area contributed by atoms with E-state index in [9.17, 15) is 0 Å². The first-order valence-electron chi connectivity index (χ1n) is 10.1. The normalized spacial score (nSPS) is 30.6. The number of rotatable bonds is 7. The topological polar surface area (TPSA) is 54.7 Å². The monoisotopic (exact) mass is 396 g/mol. The Balaban J connectivity index is 1.59. The fourth-order valence-corrected chi connectivity index (χ4v) is 4.55. The molecule has 2 aliphatic rings. The highest BCUT2D eigenvalue weighted by atomic mass is 28.4. The van der Waals surface area contributed by atoms with Gasteiger partial charge in [0.05, 0.1) is 19.0 Å². The van der Waals surface area contributed by atoms with Gasteiger partial charge in [-0.05, 0) is 44.8 Å². The lowest BCUT2D eigenvalue weighted by molar-refractivity contribution is -0.190. The number of nitrogens with zero attached hydrogens (tertiary/aromatic N) is 2. The van der Waals surface area contributed by atoms with Crippen molar-refractivity contribution in [1.29, 1.82) is 0 Å². The van der Waals surface area contributed by atoms with Crippen LogP contribution in [0.25, 0.3) is 0 Å². The first-order chi connectivity index (χ1) is 12.5. The quantitative estimate of drug-likeness (QED) is 0.653. The first kappa shape index (κ1) is 21.0. The smallest absolute Gasteiger partial charge is 0.192 e. The van der Waals surface area contributed by atoms with Gasteiger partial charge < -0.3 is 23.2 Å². The summed E-state index contributed by atoms with van der Waals surface area (Å²) in [6, 6.07) is 0. The number of imidazole rings is 1. The van der Waals surface area contributed by atoms with Crippen LogP contribution >= 0.6 is 0 Å². The molecule has 3 rings (SSSR count). The van der Waals surface area contributed by atoms with Gasteiger partial charge in [-0.15, -0.1) is 0 Å². The molecule has 0 unspecified atom stereocenters. The largest absolute Gasteiger partial charge is 0.414 e. The zero-order valence-corrected chi connectivity index (χ0v) is 18.9. The van der Waals surface area contributed by atoms with Gasteiger partial charge in [-0.3, -0.25) is 0 Å². The Bertz CT molecular complexity index is 612. The molecule has 0 saturated carbocycles. The molecule has 0 N–H and O–H groups in total. The Kier molecular flexibility index (Phi) is 5.90. The van der Waals surface area contributed by atoms with E-state index in [0.29, 0.717) is 6.61 Å². The van der Waals surface area contributed by atoms with Gasteiger partial charge in [0.2, 0.25) is 0 Å². The van der Waals surface area contributed by atoms with E-state index >= 15 is 0 Å². The summed E-state index contributed by atoms with van der Waals surface area (Å²) in [5, 5.41) is 0.182. The van der Waals surface area contributed by atoms with Gasteiger partial charge in [0, 0.05) is 18.9 Å². The molecule has 0 amide bonds. The average Bonchev–Trinajstić information content (AvgIpc) is 3.21. The van der Waals surface area contributed by atoms with Crippen LogP contribution in [0.5, 0.6) is 0 Å². The van der Waals surface area contributed by atoms with Crippen molar-refractivity contribution in [1.82, 2.24) is 9.55 Å². The Morgan fingerprint density at radius 2 is 1.81 bits per heavy atom. The van der Waals surface area contributed by atoms with Gasteiger partial charge >= 0.3 is 0 Å². The van der Waals surface area contributed by atoms with Crippen LogP contribution in [0.3, 0.4) is 0 Å². The second-order valence-electron chi connectivity index (χ2n) is 9.79. The molecule has 7 heteroatoms. The van der Waals surface area contributed by atoms with Gasteiger partial charge in [0.15, 0.2) is 14.1 Å². The minimum absolute atomic E-state index is 0.0178. The molecule has 3 heterocycles. The van der Waals surface area contributed by atoms with Crippen molar-refractivity contribution >= 4 is 8.32 Å². The zero-order chi connectivity index (χ0) is 19.9. The molecule has 0 radical (unpaired) electrons. The average molecular weight is 397 g/mol. The first-order valence-corrected chi connectivity index (χ1v) is 13.0. The fraction of sp³-hybridized carbons (Fsp3) is 0.850. The highest BCUT2D eigenvalue weighted by Crippen LogP contribution is 2.42. The molecule has 0 spiro atoms. The standard InChI is InChI=1S/C20H36N2O4Si/c1-19(2,3)27(6,7)23-13-16-18-17(25-20(4,5)26-18)15(24-16)9-8-11-22-12-10-21-14-22/h10,12,14-18H,8-9,11,13H2,1-7H3/t15-,16+,17-,18+/m0/s1. The van der Waals surface area contributed by atoms with Crippen molar-refractivity contribution in [2.75, 3.05) is 6.61 Å². The Labute approximate surface area is 164 Å². The second kappa shape index (κ2) is 7.59. The van der Waals surface area contributed by atoms with Crippen LogP contribution in [0.4, 0.5) is 0 Å². The van der Waals surface area contributed by atoms with Crippen LogP contribution in [0, 0.1) is 0 Å². The van der Waals surface area contributed by atoms with E-state index in [1.807, 2.05) is 32.6 Å². The number of hydrogen-bond acceptors (Lipinski definition) is 5. The molecule has 2 aliphatic heterocycles. The lowest BCUT2D eigenvalue weighted by Crippen LogP contribution is -2.44. The highest BCUT2D eigenvalue weighted by molar-refractivity contribution is 6.74. The third-order valence-corrected chi connectivity index (χ3v) is 10.6. The minimum atomic E-state index is -1.82. The van der Waals surface area contributed by atoms with Crippen LogP contribution in [0.15, 0.2) is 18.7 Å². The maximum Gasteiger partial charge on any atom is 0.192 e. The van der Waals surface area contributed by atoms with E-state index in [1.54, 1.807) is 0 Å². The van der Waals surface area contributed by atoms with Crippen molar-refractivity contribution in [3.8, 4) is 0 Å². The summed E-state index contributed by atoms with van der Waals surface area (Å²) in [5.74, 6) is -0.559. The number of aryl methyl sites for hydroxylation is 1. The Hall–Kier alpha value is -0.733. The Morgan fingerprint density at radius 3 is 2.41 bits per heavy atom. The van der Waals surface area contributed by atoms with Crippen LogP contribution in [0.2, 0.25) is 18.1 Å². The highest BCUT2D eigenvalue weighted by Gasteiger charge is 2.55. The van der Waals surface area contributed by atoms with E-state index in [4.69, 9.17) is 18.6 Å². The lowest BCUT2D eigenvalue weighted by atomic mass is 10.0. The molecule has 154 valence electrons. The summed E-state index contributed by atoms with van der Waals surface area (Å²) >= 11 is 0. The maximum absolute atomic E-state index is 6.43. The maximum atomic E-state index is 6.43. The van der Waals surface area contributed by atoms with Crippen molar-refractivity contribution in [3.63, 3.8) is 0 Å². The third-order valence-electron chi connectivity index (χ3n) is 6.12. The number of ether oxygens (including phenoxy) is 3. The molecule has 4 atom stereocenters. The van der Waals surface area contributed by atoms with Crippen LogP contribution in [-0.2, 0) is 25.2 Å². The molecule has 0 aromatic carbocycles. The van der Waals surface area contributed by atoms with Crippen molar-refractivity contribution in [2.45, 2.75) is 102 Å². The predicted molar refractivity (Wildman–Crippen MR) is 107 cm³/mol. The van der Waals surface area contributed by atoms with Crippen LogP contribution in [0.1, 0.15) is 47.5 Å². The van der Waals surface area contributed by atoms with Crippen molar-refractivity contribution in [3.05, 3.63) is 18.7 Å². The van der Waals surface area contributed by atoms with Gasteiger partial charge in [0.25, 0.3) is 0 Å². The van der Waals surface area contributed by atoms with E-state index in [2.05, 4.69) is 43.4 Å². The lowest BCUT2D eigenvalue weighted by Gasteiger charge is -2.37. The SMILES string of the molecule is CC1(C)O[C@@H]2[C@H](O1)[C@@H](CO[Si](C)(C)C(C)(C)C)O[C@H]2CCCn1ccnc1. The molecule has 6 nitrogen and oxygen atoms in total. The summed E-state index contributed by atoms with van der Waals surface area (Å²) in [6.45, 7) is 16.8. The number of hydrogen-bond donors (Lipinski definition) is 0. The van der Waals surface area contributed by atoms with Crippen molar-refractivity contribution in [2.24, 2.45) is 0 Å². The van der Waals surface area contributed by atoms with Gasteiger partial charge in [-0.25, -0.2) is 4.98 Å². The zero-order valence-electron chi connectivity index (χ0n) is 17.9. The summed E-state index contributed by atoms with van der Waals surface area (Å²) in [5.41, 5.74) is 0. The number of aromatic nitrogens is 2. The predicted octanol–water partition coefficient (Wildman–Crippen LogP) is 3.97. The van der Waals surface area contributed by atoms with E-state index in [1.165, 1.54) is 0 Å². The summed E-state index contributed by atoms with van der Waals surface area (Å²) in [6.07, 6.45) is 7.53. The third kappa shape index (κ3) is 4.82. The molecule has 2 fully saturated rings. The molecule has 0 bridgehead atoms. The second-order valence-corrected chi connectivity index (χ2v) is 14.6. The minimum Gasteiger partial charge on any atom is -0.414 e. The van der Waals surface area contributed by atoms with Crippen LogP contribution in [-0.4, -0.2) is 54.7 Å². The summed E-state index contributed by atoms with van der Waals surface area (Å²) in [4.78, 5) is 4.10. The van der Waals surface area contributed by atoms with E-state index < -0.39 is 14.1 Å². The molecular formula is C20H36N2O4Si. The van der Waals surface area contributed by atoms with Gasteiger partial charge in [-0.1, -0.05) is 20.8 Å². The molecule has 27 heavy (non-hydrogen) atoms. The molecule has 2 saturated heterocycles. The van der Waals surface area contributed by atoms with Gasteiger partial charge in [-0.2, -0.15) is 0 Å². The summed E-state index contributed by atoms with van der Waals surface area (Å²) in [7, 11) is -1.82. The fourth-order valence-electron chi connectivity index (χ4n) is 3.54. The van der Waals surface area contributed by atoms with Gasteiger partial charge in [0.1, 0.15) is 18.3 Å². The molecule has 1 aromatic heterocycles. The van der Waals surface area contributed by atoms with Crippen molar-refractivity contribution < 1.29 is 18.6 Å². The molecule has 1 aromatic rings. The Morgan fingerprint density at radius 1 is 1.15 bits per heavy atom. The molecular weight excluding hydrogens is 360 g/mol. The number of fused-ring (bicyclic) bond motifs is 1. The molecule has 0 aliphatic carbocycles. The summed E-state index contributed by atoms with van der Waals surface area (Å²) < 4.78 is 27.3. The van der Waals surface area contributed by atoms with E-state index in [-0.39, 0.29) is 29.5 Å².